The maximum atomic E-state index is 11.8. The molecular formula is C17H25NO4S. The highest BCUT2D eigenvalue weighted by Crippen LogP contribution is 2.21. The van der Waals surface area contributed by atoms with Crippen LogP contribution in [-0.4, -0.2) is 44.0 Å². The molecule has 1 N–H and O–H groups in total. The van der Waals surface area contributed by atoms with E-state index in [2.05, 4.69) is 31.3 Å². The third-order valence-electron chi connectivity index (χ3n) is 3.34. The molecule has 1 atom stereocenters. The van der Waals surface area contributed by atoms with Crippen molar-refractivity contribution in [2.75, 3.05) is 26.0 Å². The average Bonchev–Trinajstić information content (AvgIpc) is 2.50. The van der Waals surface area contributed by atoms with Gasteiger partial charge in [0, 0.05) is 24.3 Å². The Balaban J connectivity index is 2.28. The van der Waals surface area contributed by atoms with Crippen LogP contribution in [-0.2, 0) is 19.1 Å². The fraction of sp³-hybridized carbons (Fsp3) is 0.529. The molecule has 5 nitrogen and oxygen atoms in total. The molecule has 23 heavy (non-hydrogen) atoms. The lowest BCUT2D eigenvalue weighted by molar-refractivity contribution is -0.154. The van der Waals surface area contributed by atoms with Crippen molar-refractivity contribution in [1.82, 2.24) is 5.32 Å². The first kappa shape index (κ1) is 19.5. The number of carbonyl (C=O) groups excluding carboxylic acids is 2. The number of rotatable bonds is 9. The Hall–Kier alpha value is -1.53. The molecule has 0 saturated carbocycles. The zero-order valence-electron chi connectivity index (χ0n) is 14.2. The lowest BCUT2D eigenvalue weighted by Gasteiger charge is -2.13. The molecule has 0 bridgehead atoms. The highest BCUT2D eigenvalue weighted by atomic mass is 32.2. The van der Waals surface area contributed by atoms with Crippen molar-refractivity contribution in [3.05, 3.63) is 29.3 Å². The van der Waals surface area contributed by atoms with Crippen LogP contribution in [0.2, 0.25) is 0 Å². The monoisotopic (exact) mass is 339 g/mol. The fourth-order valence-corrected chi connectivity index (χ4v) is 2.71. The fourth-order valence-electron chi connectivity index (χ4n) is 1.79. The minimum atomic E-state index is -0.786. The van der Waals surface area contributed by atoms with Crippen molar-refractivity contribution in [3.8, 4) is 0 Å². The van der Waals surface area contributed by atoms with Crippen LogP contribution in [0.3, 0.4) is 0 Å². The summed E-state index contributed by atoms with van der Waals surface area (Å²) in [5, 5.41) is 2.64. The summed E-state index contributed by atoms with van der Waals surface area (Å²) < 4.78 is 9.96. The Morgan fingerprint density at radius 2 is 2.00 bits per heavy atom. The standard InChI is InChI=1S/C17H25NO4S/c1-12-5-6-15(11-13(12)2)23-10-7-16(19)22-14(3)17(20)18-8-9-21-4/h5-6,11,14H,7-10H2,1-4H3,(H,18,20)/t14-/m1/s1. The molecule has 0 fully saturated rings. The van der Waals surface area contributed by atoms with Gasteiger partial charge in [0.2, 0.25) is 0 Å². The van der Waals surface area contributed by atoms with Crippen molar-refractivity contribution in [2.45, 2.75) is 38.2 Å². The van der Waals surface area contributed by atoms with E-state index < -0.39 is 6.10 Å². The predicted molar refractivity (Wildman–Crippen MR) is 91.7 cm³/mol. The molecule has 0 radical (unpaired) electrons. The van der Waals surface area contributed by atoms with Gasteiger partial charge in [-0.05, 0) is 44.0 Å². The number of esters is 1. The number of amides is 1. The number of benzene rings is 1. The third kappa shape index (κ3) is 7.52. The van der Waals surface area contributed by atoms with E-state index in [9.17, 15) is 9.59 Å². The molecule has 0 aromatic heterocycles. The number of carbonyl (C=O) groups is 2. The zero-order valence-corrected chi connectivity index (χ0v) is 15.0. The second kappa shape index (κ2) is 10.3. The summed E-state index contributed by atoms with van der Waals surface area (Å²) in [6.45, 7) is 6.53. The van der Waals surface area contributed by atoms with Crippen LogP contribution in [0.5, 0.6) is 0 Å². The molecule has 0 aliphatic carbocycles. The zero-order chi connectivity index (χ0) is 17.2. The van der Waals surface area contributed by atoms with Crippen molar-refractivity contribution in [2.24, 2.45) is 0 Å². The van der Waals surface area contributed by atoms with Gasteiger partial charge in [0.15, 0.2) is 6.10 Å². The third-order valence-corrected chi connectivity index (χ3v) is 4.33. The van der Waals surface area contributed by atoms with Gasteiger partial charge < -0.3 is 14.8 Å². The summed E-state index contributed by atoms with van der Waals surface area (Å²) in [5.74, 6) is -0.0489. The van der Waals surface area contributed by atoms with Crippen LogP contribution in [0.1, 0.15) is 24.5 Å². The van der Waals surface area contributed by atoms with Crippen LogP contribution in [0, 0.1) is 13.8 Å². The molecule has 0 heterocycles. The minimum Gasteiger partial charge on any atom is -0.453 e. The summed E-state index contributed by atoms with van der Waals surface area (Å²) in [5.41, 5.74) is 2.49. The summed E-state index contributed by atoms with van der Waals surface area (Å²) in [4.78, 5) is 24.6. The number of ether oxygens (including phenoxy) is 2. The van der Waals surface area contributed by atoms with Crippen molar-refractivity contribution in [3.63, 3.8) is 0 Å². The average molecular weight is 339 g/mol. The van der Waals surface area contributed by atoms with Crippen molar-refractivity contribution < 1.29 is 19.1 Å². The lowest BCUT2D eigenvalue weighted by atomic mass is 10.1. The molecule has 1 aromatic carbocycles. The molecular weight excluding hydrogens is 314 g/mol. The first-order chi connectivity index (χ1) is 10.9. The number of aryl methyl sites for hydroxylation is 2. The number of thioether (sulfide) groups is 1. The predicted octanol–water partition coefficient (Wildman–Crippen LogP) is 2.48. The molecule has 0 saturated heterocycles. The highest BCUT2D eigenvalue weighted by molar-refractivity contribution is 7.99. The lowest BCUT2D eigenvalue weighted by Crippen LogP contribution is -2.37. The maximum Gasteiger partial charge on any atom is 0.307 e. The van der Waals surface area contributed by atoms with E-state index in [0.717, 1.165) is 4.90 Å². The van der Waals surface area contributed by atoms with Crippen LogP contribution < -0.4 is 5.32 Å². The Kier molecular flexibility index (Phi) is 8.73. The molecule has 1 aromatic rings. The van der Waals surface area contributed by atoms with Gasteiger partial charge in [-0.2, -0.15) is 0 Å². The molecule has 0 aliphatic heterocycles. The van der Waals surface area contributed by atoms with Crippen LogP contribution in [0.15, 0.2) is 23.1 Å². The second-order valence-corrected chi connectivity index (χ2v) is 6.43. The van der Waals surface area contributed by atoms with Gasteiger partial charge in [0.05, 0.1) is 13.0 Å². The van der Waals surface area contributed by atoms with Gasteiger partial charge in [-0.3, -0.25) is 9.59 Å². The van der Waals surface area contributed by atoms with E-state index in [0.29, 0.717) is 18.9 Å². The Morgan fingerprint density at radius 3 is 2.65 bits per heavy atom. The molecule has 0 aliphatic rings. The quantitative estimate of drug-likeness (QED) is 0.425. The van der Waals surface area contributed by atoms with E-state index in [1.54, 1.807) is 25.8 Å². The van der Waals surface area contributed by atoms with E-state index >= 15 is 0 Å². The van der Waals surface area contributed by atoms with Gasteiger partial charge in [-0.15, -0.1) is 11.8 Å². The molecule has 1 amide bonds. The normalized spacial score (nSPS) is 11.8. The number of methoxy groups -OCH3 is 1. The summed E-state index contributed by atoms with van der Waals surface area (Å²) in [6, 6.07) is 6.23. The summed E-state index contributed by atoms with van der Waals surface area (Å²) in [6.07, 6.45) is -0.515. The minimum absolute atomic E-state index is 0.271. The van der Waals surface area contributed by atoms with Crippen LogP contribution in [0.25, 0.3) is 0 Å². The second-order valence-electron chi connectivity index (χ2n) is 5.26. The van der Waals surface area contributed by atoms with Crippen molar-refractivity contribution in [1.29, 1.82) is 0 Å². The molecule has 128 valence electrons. The summed E-state index contributed by atoms with van der Waals surface area (Å²) in [7, 11) is 1.56. The van der Waals surface area contributed by atoms with Gasteiger partial charge in [0.1, 0.15) is 0 Å². The van der Waals surface area contributed by atoms with Gasteiger partial charge in [-0.1, -0.05) is 6.07 Å². The van der Waals surface area contributed by atoms with Crippen molar-refractivity contribution >= 4 is 23.6 Å². The van der Waals surface area contributed by atoms with Gasteiger partial charge in [-0.25, -0.2) is 0 Å². The Bertz CT molecular complexity index is 533. The largest absolute Gasteiger partial charge is 0.453 e. The first-order valence-electron chi connectivity index (χ1n) is 7.60. The Labute approximate surface area is 142 Å². The smallest absolute Gasteiger partial charge is 0.307 e. The molecule has 0 spiro atoms. The van der Waals surface area contributed by atoms with Gasteiger partial charge in [0.25, 0.3) is 5.91 Å². The highest BCUT2D eigenvalue weighted by Gasteiger charge is 2.17. The molecule has 6 heteroatoms. The molecule has 0 unspecified atom stereocenters. The Morgan fingerprint density at radius 1 is 1.26 bits per heavy atom. The number of hydrogen-bond acceptors (Lipinski definition) is 5. The summed E-state index contributed by atoms with van der Waals surface area (Å²) >= 11 is 1.61. The van der Waals surface area contributed by atoms with Gasteiger partial charge >= 0.3 is 5.97 Å². The van der Waals surface area contributed by atoms with E-state index in [1.807, 2.05) is 6.07 Å². The topological polar surface area (TPSA) is 64.6 Å². The van der Waals surface area contributed by atoms with E-state index in [4.69, 9.17) is 9.47 Å². The molecule has 1 rings (SSSR count). The number of nitrogens with one attached hydrogen (secondary N) is 1. The SMILES string of the molecule is COCCNC(=O)[C@@H](C)OC(=O)CCSc1ccc(C)c(C)c1. The maximum absolute atomic E-state index is 11.8. The van der Waals surface area contributed by atoms with Crippen LogP contribution in [0.4, 0.5) is 0 Å². The first-order valence-corrected chi connectivity index (χ1v) is 8.58. The van der Waals surface area contributed by atoms with E-state index in [1.165, 1.54) is 11.1 Å². The number of hydrogen-bond donors (Lipinski definition) is 1. The van der Waals surface area contributed by atoms with E-state index in [-0.39, 0.29) is 18.3 Å². The van der Waals surface area contributed by atoms with Crippen LogP contribution >= 0.6 is 11.8 Å².